The molecule has 1 N–H and O–H groups in total. The van der Waals surface area contributed by atoms with E-state index in [2.05, 4.69) is 5.32 Å². The van der Waals surface area contributed by atoms with Crippen LogP contribution in [0, 0.1) is 6.92 Å². The molecule has 2 fully saturated rings. The van der Waals surface area contributed by atoms with Crippen LogP contribution in [0.3, 0.4) is 0 Å². The number of fused-ring (bicyclic) bond motifs is 1. The van der Waals surface area contributed by atoms with Crippen LogP contribution in [0.1, 0.15) is 50.2 Å². The van der Waals surface area contributed by atoms with Crippen LogP contribution in [0.15, 0.2) is 28.0 Å². The van der Waals surface area contributed by atoms with Crippen molar-refractivity contribution in [3.05, 3.63) is 44.7 Å². The van der Waals surface area contributed by atoms with E-state index in [1.807, 2.05) is 26.0 Å². The number of nitrogens with zero attached hydrogens (tertiary/aromatic N) is 3. The Morgan fingerprint density at radius 1 is 1.31 bits per heavy atom. The van der Waals surface area contributed by atoms with E-state index in [4.69, 9.17) is 17.2 Å². The molecule has 0 atom stereocenters. The van der Waals surface area contributed by atoms with Gasteiger partial charge >= 0.3 is 0 Å². The zero-order valence-electron chi connectivity index (χ0n) is 16.6. The Hall–Kier alpha value is -2.19. The maximum absolute atomic E-state index is 13.3. The van der Waals surface area contributed by atoms with Crippen LogP contribution in [0.2, 0.25) is 0 Å². The first kappa shape index (κ1) is 20.1. The number of carbonyl (C=O) groups excluding carboxylic acids is 1. The number of hydrogen-bond acceptors (Lipinski definition) is 6. The van der Waals surface area contributed by atoms with Crippen LogP contribution in [-0.4, -0.2) is 37.1 Å². The molecule has 4 rings (SSSR count). The molecule has 2 aliphatic rings. The summed E-state index contributed by atoms with van der Waals surface area (Å²) in [6.45, 7) is 4.35. The second-order valence-corrected chi connectivity index (χ2v) is 9.15. The van der Waals surface area contributed by atoms with Gasteiger partial charge in [-0.3, -0.25) is 18.9 Å². The van der Waals surface area contributed by atoms with Crippen LogP contribution in [0.4, 0.5) is 5.82 Å². The van der Waals surface area contributed by atoms with Crippen molar-refractivity contribution in [2.24, 2.45) is 0 Å². The molecule has 152 valence electrons. The van der Waals surface area contributed by atoms with E-state index in [9.17, 15) is 9.59 Å². The molecule has 1 aliphatic heterocycles. The summed E-state index contributed by atoms with van der Waals surface area (Å²) in [6, 6.07) is 4.07. The quantitative estimate of drug-likeness (QED) is 0.587. The lowest BCUT2D eigenvalue weighted by Crippen LogP contribution is -2.28. The molecule has 6 nitrogen and oxygen atoms in total. The smallest absolute Gasteiger partial charge is 0.267 e. The van der Waals surface area contributed by atoms with Gasteiger partial charge in [0.25, 0.3) is 11.5 Å². The molecule has 1 saturated heterocycles. The summed E-state index contributed by atoms with van der Waals surface area (Å²) in [5, 5.41) is 3.50. The van der Waals surface area contributed by atoms with E-state index < -0.39 is 0 Å². The molecule has 8 heteroatoms. The van der Waals surface area contributed by atoms with Crippen molar-refractivity contribution in [1.29, 1.82) is 0 Å². The number of aryl methyl sites for hydroxylation is 1. The number of amides is 1. The van der Waals surface area contributed by atoms with Crippen molar-refractivity contribution in [1.82, 2.24) is 14.3 Å². The van der Waals surface area contributed by atoms with Crippen LogP contribution >= 0.6 is 24.0 Å². The highest BCUT2D eigenvalue weighted by Gasteiger charge is 2.31. The summed E-state index contributed by atoms with van der Waals surface area (Å²) in [5.74, 6) is 0.401. The summed E-state index contributed by atoms with van der Waals surface area (Å²) >= 11 is 6.55. The first-order chi connectivity index (χ1) is 14.0. The van der Waals surface area contributed by atoms with E-state index >= 15 is 0 Å². The Kier molecular flexibility index (Phi) is 5.74. The first-order valence-corrected chi connectivity index (χ1v) is 11.3. The molecule has 0 unspecified atom stereocenters. The molecule has 0 spiro atoms. The summed E-state index contributed by atoms with van der Waals surface area (Å²) < 4.78 is 2.07. The Morgan fingerprint density at radius 3 is 2.76 bits per heavy atom. The van der Waals surface area contributed by atoms with Crippen LogP contribution in [-0.2, 0) is 4.79 Å². The highest BCUT2D eigenvalue weighted by atomic mass is 32.2. The highest BCUT2D eigenvalue weighted by Crippen LogP contribution is 2.33. The van der Waals surface area contributed by atoms with Gasteiger partial charge in [0.05, 0.1) is 10.5 Å². The molecular formula is C21H24N4O2S2. The van der Waals surface area contributed by atoms with Crippen LogP contribution in [0.25, 0.3) is 11.7 Å². The largest absolute Gasteiger partial charge is 0.367 e. The average Bonchev–Trinajstić information content (AvgIpc) is 2.99. The number of nitrogens with one attached hydrogen (secondary N) is 1. The number of thiocarbonyl (C=S) groups is 1. The second kappa shape index (κ2) is 8.28. The lowest BCUT2D eigenvalue weighted by Gasteiger charge is -2.24. The number of likely N-dealkylation sites (N-methyl/N-ethyl adjacent to an activating group) is 1. The average molecular weight is 429 g/mol. The van der Waals surface area contributed by atoms with Gasteiger partial charge in [-0.25, -0.2) is 4.98 Å². The van der Waals surface area contributed by atoms with Crippen molar-refractivity contribution in [2.75, 3.05) is 11.9 Å². The minimum atomic E-state index is -0.182. The van der Waals surface area contributed by atoms with Gasteiger partial charge in [0.2, 0.25) is 0 Å². The fourth-order valence-electron chi connectivity index (χ4n) is 3.90. The fourth-order valence-corrected chi connectivity index (χ4v) is 5.26. The molecule has 2 aromatic heterocycles. The van der Waals surface area contributed by atoms with Gasteiger partial charge in [0, 0.05) is 18.8 Å². The van der Waals surface area contributed by atoms with Gasteiger partial charge in [-0.05, 0) is 44.4 Å². The minimum absolute atomic E-state index is 0.153. The predicted molar refractivity (Wildman–Crippen MR) is 122 cm³/mol. The number of pyridine rings is 1. The minimum Gasteiger partial charge on any atom is -0.367 e. The zero-order valence-corrected chi connectivity index (χ0v) is 18.2. The SMILES string of the molecule is CCN1C(=O)C(=Cc2c(NC3CCCCC3)nc3c(C)cccn3c2=O)SC1=S. The highest BCUT2D eigenvalue weighted by molar-refractivity contribution is 8.26. The number of anilines is 1. The van der Waals surface area contributed by atoms with Crippen molar-refractivity contribution in [3.63, 3.8) is 0 Å². The number of aromatic nitrogens is 2. The molecule has 3 heterocycles. The molecule has 29 heavy (non-hydrogen) atoms. The lowest BCUT2D eigenvalue weighted by atomic mass is 9.95. The number of rotatable bonds is 4. The summed E-state index contributed by atoms with van der Waals surface area (Å²) in [4.78, 5) is 32.8. The van der Waals surface area contributed by atoms with E-state index in [0.717, 1.165) is 18.4 Å². The Bertz CT molecular complexity index is 1070. The topological polar surface area (TPSA) is 66.7 Å². The third kappa shape index (κ3) is 3.83. The van der Waals surface area contributed by atoms with E-state index in [-0.39, 0.29) is 11.5 Å². The monoisotopic (exact) mass is 428 g/mol. The van der Waals surface area contributed by atoms with Gasteiger partial charge in [0.15, 0.2) is 0 Å². The van der Waals surface area contributed by atoms with Crippen molar-refractivity contribution in [2.45, 2.75) is 52.0 Å². The van der Waals surface area contributed by atoms with Crippen LogP contribution in [0.5, 0.6) is 0 Å². The normalized spacial score (nSPS) is 19.5. The molecular weight excluding hydrogens is 404 g/mol. The van der Waals surface area contributed by atoms with Gasteiger partial charge in [-0.1, -0.05) is 49.3 Å². The summed E-state index contributed by atoms with van der Waals surface area (Å²) in [7, 11) is 0. The van der Waals surface area contributed by atoms with Gasteiger partial charge in [-0.15, -0.1) is 0 Å². The molecule has 0 bridgehead atoms. The first-order valence-electron chi connectivity index (χ1n) is 10.0. The second-order valence-electron chi connectivity index (χ2n) is 7.47. The molecule has 1 saturated carbocycles. The number of hydrogen-bond donors (Lipinski definition) is 1. The van der Waals surface area contributed by atoms with Crippen LogP contribution < -0.4 is 10.9 Å². The number of thioether (sulfide) groups is 1. The third-order valence-corrected chi connectivity index (χ3v) is 6.87. The van der Waals surface area contributed by atoms with Gasteiger partial charge in [0.1, 0.15) is 15.8 Å². The molecule has 2 aromatic rings. The van der Waals surface area contributed by atoms with E-state index in [1.165, 1.54) is 31.0 Å². The zero-order chi connectivity index (χ0) is 20.5. The van der Waals surface area contributed by atoms with E-state index in [0.29, 0.717) is 38.8 Å². The Morgan fingerprint density at radius 2 is 2.07 bits per heavy atom. The van der Waals surface area contributed by atoms with Crippen molar-refractivity contribution >= 4 is 51.7 Å². The third-order valence-electron chi connectivity index (χ3n) is 5.50. The molecule has 1 amide bonds. The maximum atomic E-state index is 13.3. The van der Waals surface area contributed by atoms with E-state index in [1.54, 1.807) is 21.6 Å². The van der Waals surface area contributed by atoms with Crippen molar-refractivity contribution in [3.8, 4) is 0 Å². The van der Waals surface area contributed by atoms with Gasteiger partial charge in [-0.2, -0.15) is 0 Å². The molecule has 0 aromatic carbocycles. The molecule has 0 radical (unpaired) electrons. The predicted octanol–water partition coefficient (Wildman–Crippen LogP) is 3.97. The Balaban J connectivity index is 1.84. The van der Waals surface area contributed by atoms with Gasteiger partial charge < -0.3 is 5.32 Å². The lowest BCUT2D eigenvalue weighted by molar-refractivity contribution is -0.121. The maximum Gasteiger partial charge on any atom is 0.267 e. The Labute approximate surface area is 179 Å². The standard InChI is InChI=1S/C21H24N4O2S2/c1-3-24-20(27)16(29-21(24)28)12-15-17(22-14-9-5-4-6-10-14)23-18-13(2)8-7-11-25(18)19(15)26/h7-8,11-12,14,22H,3-6,9-10H2,1-2H3. The molecule has 1 aliphatic carbocycles. The number of carbonyl (C=O) groups is 1. The summed E-state index contributed by atoms with van der Waals surface area (Å²) in [6.07, 6.45) is 9.10. The van der Waals surface area contributed by atoms with Crippen molar-refractivity contribution < 1.29 is 4.79 Å². The fraction of sp³-hybridized carbons (Fsp3) is 0.429. The summed E-state index contributed by atoms with van der Waals surface area (Å²) in [5.41, 5.74) is 1.79.